The lowest BCUT2D eigenvalue weighted by Gasteiger charge is -2.23. The maximum absolute atomic E-state index is 12.6. The van der Waals surface area contributed by atoms with Crippen molar-refractivity contribution in [3.05, 3.63) is 39.8 Å². The number of para-hydroxylation sites is 2. The summed E-state index contributed by atoms with van der Waals surface area (Å²) in [5.41, 5.74) is 1.45. The fourth-order valence-corrected chi connectivity index (χ4v) is 3.71. The van der Waals surface area contributed by atoms with Crippen LogP contribution in [0.1, 0.15) is 46.6 Å². The summed E-state index contributed by atoms with van der Waals surface area (Å²) >= 11 is 1.44. The van der Waals surface area contributed by atoms with E-state index < -0.39 is 0 Å². The molecule has 3 rings (SSSR count). The lowest BCUT2D eigenvalue weighted by atomic mass is 10.1. The number of amides is 1. The van der Waals surface area contributed by atoms with Crippen molar-refractivity contribution in [1.29, 1.82) is 0 Å². The van der Waals surface area contributed by atoms with Gasteiger partial charge in [-0.2, -0.15) is 0 Å². The van der Waals surface area contributed by atoms with E-state index in [-0.39, 0.29) is 12.0 Å². The van der Waals surface area contributed by atoms with Gasteiger partial charge in [-0.15, -0.1) is 11.3 Å². The number of nitrogens with zero attached hydrogens (tertiary/aromatic N) is 1. The predicted molar refractivity (Wildman–Crippen MR) is 99.7 cm³/mol. The third-order valence-corrected chi connectivity index (χ3v) is 5.48. The van der Waals surface area contributed by atoms with Gasteiger partial charge < -0.3 is 14.8 Å². The second kappa shape index (κ2) is 8.45. The summed E-state index contributed by atoms with van der Waals surface area (Å²) in [5, 5.41) is 3.93. The van der Waals surface area contributed by atoms with Gasteiger partial charge in [0.2, 0.25) is 0 Å². The van der Waals surface area contributed by atoms with Crippen molar-refractivity contribution in [3.63, 3.8) is 0 Å². The molecule has 1 aliphatic rings. The smallest absolute Gasteiger partial charge is 0.267 e. The van der Waals surface area contributed by atoms with E-state index in [0.717, 1.165) is 36.6 Å². The molecule has 0 radical (unpaired) electrons. The summed E-state index contributed by atoms with van der Waals surface area (Å²) in [6.07, 6.45) is 4.29. The molecule has 25 heavy (non-hydrogen) atoms. The standard InChI is InChI=1S/C19H24N2O3S/c1-3-17-20-13(2)18(25-17)19(22)21-15-9-4-5-10-16(15)24-12-14-8-6-7-11-23-14/h4-5,9-10,14H,3,6-8,11-12H2,1-2H3,(H,21,22). The summed E-state index contributed by atoms with van der Waals surface area (Å²) in [6, 6.07) is 7.51. The highest BCUT2D eigenvalue weighted by Gasteiger charge is 2.18. The molecule has 0 saturated carbocycles. The minimum atomic E-state index is -0.139. The third-order valence-electron chi connectivity index (χ3n) is 4.18. The Kier molecular flexibility index (Phi) is 6.04. The number of nitrogens with one attached hydrogen (secondary N) is 1. The Morgan fingerprint density at radius 2 is 2.24 bits per heavy atom. The Morgan fingerprint density at radius 1 is 1.40 bits per heavy atom. The van der Waals surface area contributed by atoms with E-state index in [2.05, 4.69) is 10.3 Å². The summed E-state index contributed by atoms with van der Waals surface area (Å²) in [4.78, 5) is 17.7. The summed E-state index contributed by atoms with van der Waals surface area (Å²) < 4.78 is 11.6. The van der Waals surface area contributed by atoms with Gasteiger partial charge in [0.05, 0.1) is 22.5 Å². The Morgan fingerprint density at radius 3 is 2.96 bits per heavy atom. The van der Waals surface area contributed by atoms with Crippen molar-refractivity contribution in [2.45, 2.75) is 45.6 Å². The largest absolute Gasteiger partial charge is 0.489 e. The number of hydrogen-bond donors (Lipinski definition) is 1. The second-order valence-corrected chi connectivity index (χ2v) is 7.21. The van der Waals surface area contributed by atoms with Crippen LogP contribution in [0.2, 0.25) is 0 Å². The normalized spacial score (nSPS) is 17.3. The molecule has 6 heteroatoms. The molecule has 0 spiro atoms. The Hall–Kier alpha value is -1.92. The number of rotatable bonds is 6. The van der Waals surface area contributed by atoms with E-state index in [1.165, 1.54) is 17.8 Å². The zero-order chi connectivity index (χ0) is 17.6. The molecule has 0 aliphatic carbocycles. The van der Waals surface area contributed by atoms with Crippen molar-refractivity contribution < 1.29 is 14.3 Å². The number of thiazole rings is 1. The highest BCUT2D eigenvalue weighted by Crippen LogP contribution is 2.27. The molecule has 1 aromatic carbocycles. The van der Waals surface area contributed by atoms with Crippen molar-refractivity contribution >= 4 is 22.9 Å². The molecule has 5 nitrogen and oxygen atoms in total. The maximum atomic E-state index is 12.6. The molecule has 2 aromatic rings. The third kappa shape index (κ3) is 4.58. The Balaban J connectivity index is 1.67. The monoisotopic (exact) mass is 360 g/mol. The van der Waals surface area contributed by atoms with Crippen LogP contribution in [0.5, 0.6) is 5.75 Å². The van der Waals surface area contributed by atoms with Crippen LogP contribution in [0, 0.1) is 6.92 Å². The zero-order valence-electron chi connectivity index (χ0n) is 14.7. The first-order valence-corrected chi connectivity index (χ1v) is 9.60. The van der Waals surface area contributed by atoms with Gasteiger partial charge in [0.1, 0.15) is 17.2 Å². The molecule has 1 unspecified atom stereocenters. The highest BCUT2D eigenvalue weighted by atomic mass is 32.1. The van der Waals surface area contributed by atoms with Crippen LogP contribution >= 0.6 is 11.3 Å². The SMILES string of the molecule is CCc1nc(C)c(C(=O)Nc2ccccc2OCC2CCCCO2)s1. The summed E-state index contributed by atoms with van der Waals surface area (Å²) in [7, 11) is 0. The van der Waals surface area contributed by atoms with E-state index in [1.54, 1.807) is 0 Å². The van der Waals surface area contributed by atoms with Gasteiger partial charge in [0.25, 0.3) is 5.91 Å². The molecule has 1 aliphatic heterocycles. The van der Waals surface area contributed by atoms with E-state index in [1.807, 2.05) is 38.1 Å². The van der Waals surface area contributed by atoms with Crippen LogP contribution in [0.15, 0.2) is 24.3 Å². The molecule has 1 fully saturated rings. The quantitative estimate of drug-likeness (QED) is 0.838. The first-order chi connectivity index (χ1) is 12.2. The summed E-state index contributed by atoms with van der Waals surface area (Å²) in [5.74, 6) is 0.530. The van der Waals surface area contributed by atoms with Crippen molar-refractivity contribution in [2.24, 2.45) is 0 Å². The first kappa shape index (κ1) is 17.9. The van der Waals surface area contributed by atoms with Gasteiger partial charge in [0.15, 0.2) is 0 Å². The van der Waals surface area contributed by atoms with Crippen LogP contribution in [0.4, 0.5) is 5.69 Å². The molecule has 1 saturated heterocycles. The maximum Gasteiger partial charge on any atom is 0.267 e. The number of aryl methyl sites for hydroxylation is 2. The predicted octanol–water partition coefficient (Wildman–Crippen LogP) is 4.21. The van der Waals surface area contributed by atoms with Gasteiger partial charge >= 0.3 is 0 Å². The van der Waals surface area contributed by atoms with Gasteiger partial charge in [-0.1, -0.05) is 19.1 Å². The van der Waals surface area contributed by atoms with E-state index in [9.17, 15) is 4.79 Å². The topological polar surface area (TPSA) is 60.5 Å². The molecule has 1 aromatic heterocycles. The minimum absolute atomic E-state index is 0.133. The zero-order valence-corrected chi connectivity index (χ0v) is 15.5. The van der Waals surface area contributed by atoms with Crippen LogP contribution in [0.3, 0.4) is 0 Å². The van der Waals surface area contributed by atoms with Crippen molar-refractivity contribution in [1.82, 2.24) is 4.98 Å². The fourth-order valence-electron chi connectivity index (χ4n) is 2.81. The van der Waals surface area contributed by atoms with Crippen LogP contribution in [-0.2, 0) is 11.2 Å². The van der Waals surface area contributed by atoms with E-state index in [0.29, 0.717) is 22.9 Å². The molecule has 0 bridgehead atoms. The number of aromatic nitrogens is 1. The number of carbonyl (C=O) groups excluding carboxylic acids is 1. The molecule has 134 valence electrons. The number of ether oxygens (including phenoxy) is 2. The molecule has 1 amide bonds. The number of carbonyl (C=O) groups is 1. The lowest BCUT2D eigenvalue weighted by molar-refractivity contribution is -0.0109. The second-order valence-electron chi connectivity index (χ2n) is 6.13. The van der Waals surface area contributed by atoms with Gasteiger partial charge in [-0.25, -0.2) is 4.98 Å². The van der Waals surface area contributed by atoms with Crippen LogP contribution in [-0.4, -0.2) is 30.2 Å². The molecular weight excluding hydrogens is 336 g/mol. The minimum Gasteiger partial charge on any atom is -0.489 e. The highest BCUT2D eigenvalue weighted by molar-refractivity contribution is 7.13. The first-order valence-electron chi connectivity index (χ1n) is 8.78. The van der Waals surface area contributed by atoms with Gasteiger partial charge in [-0.3, -0.25) is 4.79 Å². The average molecular weight is 360 g/mol. The molecule has 1 N–H and O–H groups in total. The Labute approximate surface area is 152 Å². The molecular formula is C19H24N2O3S. The van der Waals surface area contributed by atoms with Crippen molar-refractivity contribution in [3.8, 4) is 5.75 Å². The fraction of sp³-hybridized carbons (Fsp3) is 0.474. The Bertz CT molecular complexity index is 723. The lowest BCUT2D eigenvalue weighted by Crippen LogP contribution is -2.26. The van der Waals surface area contributed by atoms with Crippen LogP contribution < -0.4 is 10.1 Å². The molecule has 1 atom stereocenters. The number of hydrogen-bond acceptors (Lipinski definition) is 5. The van der Waals surface area contributed by atoms with E-state index >= 15 is 0 Å². The number of anilines is 1. The van der Waals surface area contributed by atoms with Crippen molar-refractivity contribution in [2.75, 3.05) is 18.5 Å². The van der Waals surface area contributed by atoms with Gasteiger partial charge in [0, 0.05) is 6.61 Å². The van der Waals surface area contributed by atoms with Gasteiger partial charge in [-0.05, 0) is 44.7 Å². The number of benzene rings is 1. The summed E-state index contributed by atoms with van der Waals surface area (Å²) in [6.45, 7) is 5.22. The van der Waals surface area contributed by atoms with Crippen LogP contribution in [0.25, 0.3) is 0 Å². The molecule has 2 heterocycles. The average Bonchev–Trinajstić information content (AvgIpc) is 3.03. The van der Waals surface area contributed by atoms with E-state index in [4.69, 9.17) is 9.47 Å².